The van der Waals surface area contributed by atoms with E-state index in [4.69, 9.17) is 0 Å². The molecule has 1 aromatic rings. The second-order valence-electron chi connectivity index (χ2n) is 7.22. The number of rotatable bonds is 2. The molecule has 1 aromatic carbocycles. The lowest BCUT2D eigenvalue weighted by molar-refractivity contribution is 0.405. The fraction of sp³-hybridized carbons (Fsp3) is 0.625. The largest absolute Gasteiger partial charge is 0.0599 e. The Morgan fingerprint density at radius 1 is 0.812 bits per heavy atom. The van der Waals surface area contributed by atoms with E-state index in [2.05, 4.69) is 65.8 Å². The highest BCUT2D eigenvalue weighted by Crippen LogP contribution is 2.24. The molecule has 0 bridgehead atoms. The molecule has 0 nitrogen and oxygen atoms in total. The zero-order valence-corrected chi connectivity index (χ0v) is 11.6. The lowest BCUT2D eigenvalue weighted by atomic mass is 9.85. The molecule has 0 atom stereocenters. The van der Waals surface area contributed by atoms with E-state index in [1.54, 1.807) is 0 Å². The third-order valence-corrected chi connectivity index (χ3v) is 2.38. The van der Waals surface area contributed by atoms with Crippen molar-refractivity contribution < 1.29 is 0 Å². The minimum Gasteiger partial charge on any atom is -0.0599 e. The van der Waals surface area contributed by atoms with E-state index >= 15 is 0 Å². The van der Waals surface area contributed by atoms with Crippen molar-refractivity contribution in [2.24, 2.45) is 10.8 Å². The van der Waals surface area contributed by atoms with Crippen LogP contribution in [0.1, 0.15) is 52.7 Å². The predicted octanol–water partition coefficient (Wildman–Crippen LogP) is 4.66. The summed E-state index contributed by atoms with van der Waals surface area (Å²) in [5.74, 6) is 0. The normalized spacial score (nSPS) is 12.9. The van der Waals surface area contributed by atoms with Gasteiger partial charge in [-0.25, -0.2) is 0 Å². The van der Waals surface area contributed by atoms with Crippen LogP contribution in [0.2, 0.25) is 0 Å². The SMILES string of the molecule is CC(C)(C)Cc1c[c]cc(CC(C)(C)C)c1. The van der Waals surface area contributed by atoms with Gasteiger partial charge in [0.05, 0.1) is 0 Å². The van der Waals surface area contributed by atoms with Gasteiger partial charge in [0, 0.05) is 0 Å². The maximum Gasteiger partial charge on any atom is -0.0178 e. The minimum atomic E-state index is 0.355. The van der Waals surface area contributed by atoms with E-state index in [0.717, 1.165) is 12.8 Å². The Balaban J connectivity index is 2.79. The summed E-state index contributed by atoms with van der Waals surface area (Å²) >= 11 is 0. The van der Waals surface area contributed by atoms with Gasteiger partial charge in [-0.1, -0.05) is 59.7 Å². The van der Waals surface area contributed by atoms with Crippen molar-refractivity contribution in [3.63, 3.8) is 0 Å². The van der Waals surface area contributed by atoms with Crippen molar-refractivity contribution in [3.05, 3.63) is 35.4 Å². The predicted molar refractivity (Wildman–Crippen MR) is 71.6 cm³/mol. The highest BCUT2D eigenvalue weighted by molar-refractivity contribution is 5.24. The van der Waals surface area contributed by atoms with Gasteiger partial charge < -0.3 is 0 Å². The summed E-state index contributed by atoms with van der Waals surface area (Å²) in [5, 5.41) is 0. The number of benzene rings is 1. The van der Waals surface area contributed by atoms with Crippen molar-refractivity contribution in [2.75, 3.05) is 0 Å². The topological polar surface area (TPSA) is 0 Å². The fourth-order valence-corrected chi connectivity index (χ4v) is 2.01. The summed E-state index contributed by atoms with van der Waals surface area (Å²) in [7, 11) is 0. The molecule has 0 heteroatoms. The molecule has 0 fully saturated rings. The standard InChI is InChI=1S/C16H25/c1-15(2,3)11-13-8-7-9-14(10-13)12-16(4,5)6/h8-10H,11-12H2,1-6H3. The van der Waals surface area contributed by atoms with Crippen LogP contribution in [0, 0.1) is 16.9 Å². The molecular formula is C16H25. The molecule has 0 amide bonds. The molecule has 0 unspecified atom stereocenters. The van der Waals surface area contributed by atoms with Gasteiger partial charge in [0.1, 0.15) is 0 Å². The molecule has 89 valence electrons. The van der Waals surface area contributed by atoms with Crippen LogP contribution < -0.4 is 0 Å². The molecule has 0 aliphatic heterocycles. The minimum absolute atomic E-state index is 0.355. The third kappa shape index (κ3) is 5.34. The van der Waals surface area contributed by atoms with Gasteiger partial charge in [-0.05, 0) is 40.9 Å². The second-order valence-corrected chi connectivity index (χ2v) is 7.22. The van der Waals surface area contributed by atoms with Crippen LogP contribution in [-0.4, -0.2) is 0 Å². The summed E-state index contributed by atoms with van der Waals surface area (Å²) < 4.78 is 0. The summed E-state index contributed by atoms with van der Waals surface area (Å²) in [6, 6.07) is 9.86. The van der Waals surface area contributed by atoms with Gasteiger partial charge in [-0.3, -0.25) is 0 Å². The van der Waals surface area contributed by atoms with Gasteiger partial charge in [0.2, 0.25) is 0 Å². The van der Waals surface area contributed by atoms with Gasteiger partial charge in [-0.2, -0.15) is 0 Å². The molecule has 16 heavy (non-hydrogen) atoms. The molecule has 1 radical (unpaired) electrons. The summed E-state index contributed by atoms with van der Waals surface area (Å²) in [6.07, 6.45) is 2.25. The molecular weight excluding hydrogens is 192 g/mol. The third-order valence-electron chi connectivity index (χ3n) is 2.38. The van der Waals surface area contributed by atoms with Crippen molar-refractivity contribution in [1.29, 1.82) is 0 Å². The zero-order chi connectivity index (χ0) is 12.4. The maximum absolute atomic E-state index is 3.27. The Hall–Kier alpha value is -0.780. The number of hydrogen-bond donors (Lipinski definition) is 0. The van der Waals surface area contributed by atoms with E-state index in [1.165, 1.54) is 11.1 Å². The van der Waals surface area contributed by atoms with Crippen molar-refractivity contribution in [3.8, 4) is 0 Å². The second kappa shape index (κ2) is 4.61. The van der Waals surface area contributed by atoms with Gasteiger partial charge in [0.25, 0.3) is 0 Å². The first-order chi connectivity index (χ1) is 7.16. The average Bonchev–Trinajstić information content (AvgIpc) is 1.96. The highest BCUT2D eigenvalue weighted by Gasteiger charge is 2.14. The molecule has 0 aliphatic rings. The molecule has 0 spiro atoms. The van der Waals surface area contributed by atoms with Crippen LogP contribution in [0.15, 0.2) is 18.2 Å². The first-order valence-electron chi connectivity index (χ1n) is 6.15. The van der Waals surface area contributed by atoms with Crippen LogP contribution in [0.5, 0.6) is 0 Å². The first kappa shape index (κ1) is 13.3. The van der Waals surface area contributed by atoms with E-state index in [-0.39, 0.29) is 0 Å². The van der Waals surface area contributed by atoms with E-state index in [1.807, 2.05) is 0 Å². The highest BCUT2D eigenvalue weighted by atomic mass is 14.2. The monoisotopic (exact) mass is 217 g/mol. The maximum atomic E-state index is 3.27. The van der Waals surface area contributed by atoms with Crippen molar-refractivity contribution in [2.45, 2.75) is 54.4 Å². The molecule has 0 N–H and O–H groups in total. The van der Waals surface area contributed by atoms with Gasteiger partial charge >= 0.3 is 0 Å². The smallest absolute Gasteiger partial charge is 0.0178 e. The molecule has 0 saturated carbocycles. The summed E-state index contributed by atoms with van der Waals surface area (Å²) in [5.41, 5.74) is 3.53. The molecule has 0 saturated heterocycles. The fourth-order valence-electron chi connectivity index (χ4n) is 2.01. The summed E-state index contributed by atoms with van der Waals surface area (Å²) in [6.45, 7) is 13.7. The summed E-state index contributed by atoms with van der Waals surface area (Å²) in [4.78, 5) is 0. The number of hydrogen-bond acceptors (Lipinski definition) is 0. The Labute approximate surface area is 101 Å². The molecule has 0 aliphatic carbocycles. The van der Waals surface area contributed by atoms with Crippen LogP contribution >= 0.6 is 0 Å². The lowest BCUT2D eigenvalue weighted by Gasteiger charge is -2.21. The average molecular weight is 217 g/mol. The zero-order valence-electron chi connectivity index (χ0n) is 11.6. The lowest BCUT2D eigenvalue weighted by Crippen LogP contribution is -2.11. The van der Waals surface area contributed by atoms with E-state index < -0.39 is 0 Å². The Morgan fingerprint density at radius 2 is 1.19 bits per heavy atom. The van der Waals surface area contributed by atoms with Crippen molar-refractivity contribution in [1.82, 2.24) is 0 Å². The molecule has 0 aromatic heterocycles. The van der Waals surface area contributed by atoms with Crippen LogP contribution in [0.3, 0.4) is 0 Å². The molecule has 0 heterocycles. The van der Waals surface area contributed by atoms with Crippen molar-refractivity contribution >= 4 is 0 Å². The van der Waals surface area contributed by atoms with Crippen LogP contribution in [0.25, 0.3) is 0 Å². The van der Waals surface area contributed by atoms with E-state index in [9.17, 15) is 0 Å². The molecule has 1 rings (SSSR count). The van der Waals surface area contributed by atoms with Gasteiger partial charge in [-0.15, -0.1) is 0 Å². The van der Waals surface area contributed by atoms with Crippen LogP contribution in [0.4, 0.5) is 0 Å². The van der Waals surface area contributed by atoms with E-state index in [0.29, 0.717) is 10.8 Å². The first-order valence-corrected chi connectivity index (χ1v) is 6.15. The van der Waals surface area contributed by atoms with Crippen LogP contribution in [-0.2, 0) is 12.8 Å². The van der Waals surface area contributed by atoms with Gasteiger partial charge in [0.15, 0.2) is 0 Å². The quantitative estimate of drug-likeness (QED) is 0.675. The Kier molecular flexibility index (Phi) is 3.83. The Morgan fingerprint density at radius 3 is 1.50 bits per heavy atom. The Bertz CT molecular complexity index is 303.